The maximum absolute atomic E-state index is 13.2. The van der Waals surface area contributed by atoms with Crippen molar-refractivity contribution in [3.63, 3.8) is 0 Å². The number of hydrogen-bond donors (Lipinski definition) is 1. The van der Waals surface area contributed by atoms with Gasteiger partial charge in [-0.05, 0) is 48.5 Å². The minimum atomic E-state index is -0.389. The summed E-state index contributed by atoms with van der Waals surface area (Å²) in [5, 5.41) is 5.22. The molecule has 2 nitrogen and oxygen atoms in total. The van der Waals surface area contributed by atoms with Gasteiger partial charge in [-0.15, -0.1) is 0 Å². The fourth-order valence-corrected chi connectivity index (χ4v) is 3.34. The molecule has 0 atom stereocenters. The van der Waals surface area contributed by atoms with Gasteiger partial charge in [0, 0.05) is 27.7 Å². The summed E-state index contributed by atoms with van der Waals surface area (Å²) in [6, 6.07) is 14.7. The molecule has 0 fully saturated rings. The third-order valence-corrected chi connectivity index (χ3v) is 4.96. The summed E-state index contributed by atoms with van der Waals surface area (Å²) in [5.74, 6) is 0.248. The molecule has 3 rings (SSSR count). The Morgan fingerprint density at radius 1 is 0.778 bits per heavy atom. The molecule has 0 aromatic heterocycles. The van der Waals surface area contributed by atoms with Crippen LogP contribution >= 0.6 is 46.4 Å². The van der Waals surface area contributed by atoms with E-state index in [1.54, 1.807) is 42.5 Å². The summed E-state index contributed by atoms with van der Waals surface area (Å²) in [6.07, 6.45) is 0. The lowest BCUT2D eigenvalue weighted by Crippen LogP contribution is -2.04. The van der Waals surface area contributed by atoms with Crippen LogP contribution in [0.25, 0.3) is 0 Å². The highest BCUT2D eigenvalue weighted by atomic mass is 35.5. The van der Waals surface area contributed by atoms with Gasteiger partial charge >= 0.3 is 0 Å². The van der Waals surface area contributed by atoms with Gasteiger partial charge in [-0.1, -0.05) is 52.5 Å². The fraction of sp³-hybridized carbons (Fsp3) is 0.100. The molecule has 140 valence electrons. The molecule has 0 aliphatic heterocycles. The minimum Gasteiger partial charge on any atom is -0.488 e. The lowest BCUT2D eigenvalue weighted by molar-refractivity contribution is 0.303. The quantitative estimate of drug-likeness (QED) is 0.421. The zero-order chi connectivity index (χ0) is 19.4. The first-order valence-electron chi connectivity index (χ1n) is 7.96. The normalized spacial score (nSPS) is 10.7. The number of anilines is 1. The summed E-state index contributed by atoms with van der Waals surface area (Å²) in [6.45, 7) is 0.643. The van der Waals surface area contributed by atoms with Crippen molar-refractivity contribution in [2.45, 2.75) is 13.2 Å². The Morgan fingerprint density at radius 2 is 1.52 bits per heavy atom. The van der Waals surface area contributed by atoms with Crippen molar-refractivity contribution in [3.05, 3.63) is 91.6 Å². The number of hydrogen-bond acceptors (Lipinski definition) is 2. The Bertz CT molecular complexity index is 965. The summed E-state index contributed by atoms with van der Waals surface area (Å²) in [5.41, 5.74) is 2.27. The Balaban J connectivity index is 1.74. The molecule has 0 bridgehead atoms. The maximum Gasteiger partial charge on any atom is 0.124 e. The fourth-order valence-electron chi connectivity index (χ4n) is 2.44. The first kappa shape index (κ1) is 20.1. The van der Waals surface area contributed by atoms with Crippen LogP contribution in [0.4, 0.5) is 10.1 Å². The van der Waals surface area contributed by atoms with Crippen molar-refractivity contribution in [2.75, 3.05) is 5.32 Å². The average Bonchev–Trinajstić information content (AvgIpc) is 2.61. The second-order valence-corrected chi connectivity index (χ2v) is 7.44. The molecule has 7 heteroatoms. The van der Waals surface area contributed by atoms with Gasteiger partial charge < -0.3 is 10.1 Å². The number of nitrogens with one attached hydrogen (secondary N) is 1. The van der Waals surface area contributed by atoms with Gasteiger partial charge in [-0.25, -0.2) is 4.39 Å². The SMILES string of the molecule is Fc1ccc(COc2ccc(Cl)cc2CNc2ccc(Cl)cc2Cl)c(Cl)c1. The van der Waals surface area contributed by atoms with E-state index in [1.165, 1.54) is 12.1 Å². The van der Waals surface area contributed by atoms with Crippen LogP contribution in [0.2, 0.25) is 20.1 Å². The molecule has 0 amide bonds. The van der Waals surface area contributed by atoms with Crippen LogP contribution < -0.4 is 10.1 Å². The van der Waals surface area contributed by atoms with Gasteiger partial charge in [-0.2, -0.15) is 0 Å². The molecule has 0 aliphatic rings. The van der Waals surface area contributed by atoms with E-state index >= 15 is 0 Å². The highest BCUT2D eigenvalue weighted by molar-refractivity contribution is 6.36. The maximum atomic E-state index is 13.2. The Labute approximate surface area is 176 Å². The van der Waals surface area contributed by atoms with Gasteiger partial charge in [-0.3, -0.25) is 0 Å². The Hall–Kier alpha value is -1.65. The van der Waals surface area contributed by atoms with Crippen LogP contribution in [-0.2, 0) is 13.2 Å². The van der Waals surface area contributed by atoms with E-state index in [0.29, 0.717) is 37.9 Å². The predicted molar refractivity (Wildman–Crippen MR) is 111 cm³/mol. The van der Waals surface area contributed by atoms with Crippen LogP contribution in [-0.4, -0.2) is 0 Å². The van der Waals surface area contributed by atoms with Crippen molar-refractivity contribution < 1.29 is 9.13 Å². The molecule has 1 N–H and O–H groups in total. The molecular weight excluding hydrogens is 431 g/mol. The van der Waals surface area contributed by atoms with Gasteiger partial charge in [0.25, 0.3) is 0 Å². The lowest BCUT2D eigenvalue weighted by Gasteiger charge is -2.15. The zero-order valence-corrected chi connectivity index (χ0v) is 16.9. The van der Waals surface area contributed by atoms with Crippen LogP contribution in [0.3, 0.4) is 0 Å². The minimum absolute atomic E-state index is 0.204. The average molecular weight is 445 g/mol. The second kappa shape index (κ2) is 9.03. The molecule has 0 unspecified atom stereocenters. The summed E-state index contributed by atoms with van der Waals surface area (Å²) >= 11 is 24.3. The zero-order valence-electron chi connectivity index (χ0n) is 13.9. The van der Waals surface area contributed by atoms with Gasteiger partial charge in [0.05, 0.1) is 15.7 Å². The summed E-state index contributed by atoms with van der Waals surface area (Å²) in [7, 11) is 0. The highest BCUT2D eigenvalue weighted by Gasteiger charge is 2.09. The van der Waals surface area contributed by atoms with E-state index in [2.05, 4.69) is 5.32 Å². The number of benzene rings is 3. The third-order valence-electron chi connectivity index (χ3n) is 3.82. The van der Waals surface area contributed by atoms with Crippen molar-refractivity contribution in [3.8, 4) is 5.75 Å². The standard InChI is InChI=1S/C20H14Cl4FNO/c21-14-3-6-20(27-11-12-1-4-16(25)9-17(12)23)13(7-14)10-26-19-5-2-15(22)8-18(19)24/h1-9,26H,10-11H2. The number of ether oxygens (including phenoxy) is 1. The molecule has 0 heterocycles. The highest BCUT2D eigenvalue weighted by Crippen LogP contribution is 2.29. The van der Waals surface area contributed by atoms with Crippen molar-refractivity contribution >= 4 is 52.1 Å². The Kier molecular flexibility index (Phi) is 6.72. The van der Waals surface area contributed by atoms with Gasteiger partial charge in [0.15, 0.2) is 0 Å². The number of rotatable bonds is 6. The largest absolute Gasteiger partial charge is 0.488 e. The summed E-state index contributed by atoms with van der Waals surface area (Å²) < 4.78 is 19.0. The smallest absolute Gasteiger partial charge is 0.124 e. The molecule has 3 aromatic rings. The second-order valence-electron chi connectivity index (χ2n) is 5.75. The molecule has 3 aromatic carbocycles. The number of halogens is 5. The Morgan fingerprint density at radius 3 is 2.26 bits per heavy atom. The van der Waals surface area contributed by atoms with E-state index in [4.69, 9.17) is 51.1 Å². The first-order chi connectivity index (χ1) is 12.9. The third kappa shape index (κ3) is 5.43. The van der Waals surface area contributed by atoms with Crippen LogP contribution in [0.15, 0.2) is 54.6 Å². The molecule has 0 radical (unpaired) electrons. The van der Waals surface area contributed by atoms with E-state index in [0.717, 1.165) is 11.3 Å². The van der Waals surface area contributed by atoms with E-state index < -0.39 is 0 Å². The van der Waals surface area contributed by atoms with E-state index in [-0.39, 0.29) is 12.4 Å². The van der Waals surface area contributed by atoms with Crippen molar-refractivity contribution in [1.82, 2.24) is 0 Å². The van der Waals surface area contributed by atoms with Gasteiger partial charge in [0.1, 0.15) is 18.2 Å². The van der Waals surface area contributed by atoms with Crippen LogP contribution in [0.5, 0.6) is 5.75 Å². The molecular formula is C20H14Cl4FNO. The molecule has 0 saturated carbocycles. The van der Waals surface area contributed by atoms with Crippen molar-refractivity contribution in [2.24, 2.45) is 0 Å². The summed E-state index contributed by atoms with van der Waals surface area (Å²) in [4.78, 5) is 0. The molecule has 27 heavy (non-hydrogen) atoms. The molecule has 0 spiro atoms. The van der Waals surface area contributed by atoms with E-state index in [1.807, 2.05) is 0 Å². The molecule has 0 saturated heterocycles. The monoisotopic (exact) mass is 443 g/mol. The topological polar surface area (TPSA) is 21.3 Å². The molecule has 0 aliphatic carbocycles. The lowest BCUT2D eigenvalue weighted by atomic mass is 10.2. The predicted octanol–water partition coefficient (Wildman–Crippen LogP) is 7.63. The van der Waals surface area contributed by atoms with Crippen molar-refractivity contribution in [1.29, 1.82) is 0 Å². The van der Waals surface area contributed by atoms with Crippen LogP contribution in [0.1, 0.15) is 11.1 Å². The first-order valence-corrected chi connectivity index (χ1v) is 9.47. The van der Waals surface area contributed by atoms with Crippen LogP contribution in [0, 0.1) is 5.82 Å². The van der Waals surface area contributed by atoms with E-state index in [9.17, 15) is 4.39 Å². The van der Waals surface area contributed by atoms with Gasteiger partial charge in [0.2, 0.25) is 0 Å².